The number of hydrogen-bond donors (Lipinski definition) is 0. The fourth-order valence-electron chi connectivity index (χ4n) is 0.764. The summed E-state index contributed by atoms with van der Waals surface area (Å²) in [5.41, 5.74) is 0. The zero-order valence-corrected chi connectivity index (χ0v) is 6.30. The summed E-state index contributed by atoms with van der Waals surface area (Å²) in [5, 5.41) is 0. The molecule has 1 nitrogen and oxygen atoms in total. The molecule has 0 fully saturated rings. The third-order valence-corrected chi connectivity index (χ3v) is 1.35. The van der Waals surface area contributed by atoms with Crippen LogP contribution in [-0.4, -0.2) is 13.3 Å². The van der Waals surface area contributed by atoms with Crippen LogP contribution in [0.4, 0.5) is 0 Å². The van der Waals surface area contributed by atoms with Gasteiger partial charge in [-0.1, -0.05) is 19.1 Å². The van der Waals surface area contributed by atoms with Crippen LogP contribution in [0.3, 0.4) is 0 Å². The molecule has 1 atom stereocenters. The molecule has 0 amide bonds. The van der Waals surface area contributed by atoms with E-state index in [0.717, 1.165) is 13.0 Å². The van der Waals surface area contributed by atoms with E-state index < -0.39 is 0 Å². The van der Waals surface area contributed by atoms with E-state index in [1.807, 2.05) is 6.92 Å². The molecule has 0 aromatic rings. The second-order valence-corrected chi connectivity index (χ2v) is 2.10. The summed E-state index contributed by atoms with van der Waals surface area (Å²) in [6.07, 6.45) is 5.40. The van der Waals surface area contributed by atoms with Crippen molar-refractivity contribution in [3.8, 4) is 0 Å². The van der Waals surface area contributed by atoms with Gasteiger partial charge in [-0.15, -0.1) is 0 Å². The van der Waals surface area contributed by atoms with Gasteiger partial charge in [0, 0.05) is 6.54 Å². The van der Waals surface area contributed by atoms with Gasteiger partial charge in [0.15, 0.2) is 0 Å². The molecule has 0 heterocycles. The van der Waals surface area contributed by atoms with E-state index in [-0.39, 0.29) is 0 Å². The summed E-state index contributed by atoms with van der Waals surface area (Å²) in [7, 11) is 0. The average Bonchev–Trinajstić information content (AvgIpc) is 1.88. The third kappa shape index (κ3) is 3.95. The molecule has 52 valence electrons. The van der Waals surface area contributed by atoms with Gasteiger partial charge in [-0.25, -0.2) is 0 Å². The Morgan fingerprint density at radius 1 is 1.67 bits per heavy atom. The zero-order valence-electron chi connectivity index (χ0n) is 6.30. The highest BCUT2D eigenvalue weighted by Gasteiger charge is 1.96. The van der Waals surface area contributed by atoms with Crippen LogP contribution in [0.1, 0.15) is 20.3 Å². The molecular weight excluding hydrogens is 110 g/mol. The van der Waals surface area contributed by atoms with Crippen molar-refractivity contribution in [3.63, 3.8) is 0 Å². The molecule has 0 aliphatic heterocycles. The molecule has 0 aromatic heterocycles. The molecule has 0 saturated heterocycles. The minimum atomic E-state index is 0.604. The Morgan fingerprint density at radius 3 is 2.67 bits per heavy atom. The second-order valence-electron chi connectivity index (χ2n) is 2.10. The fourth-order valence-corrected chi connectivity index (χ4v) is 0.764. The maximum Gasteiger partial charge on any atom is 0.0444 e. The highest BCUT2D eigenvalue weighted by molar-refractivity contribution is 5.23. The number of allylic oxidation sites excluding steroid dienone is 1. The Morgan fingerprint density at radius 2 is 2.33 bits per heavy atom. The monoisotopic (exact) mass is 125 g/mol. The van der Waals surface area contributed by atoms with Crippen molar-refractivity contribution in [1.29, 1.82) is 0 Å². The van der Waals surface area contributed by atoms with Gasteiger partial charge in [0.2, 0.25) is 0 Å². The highest BCUT2D eigenvalue weighted by Crippen LogP contribution is 2.03. The Labute approximate surface area is 57.5 Å². The van der Waals surface area contributed by atoms with Crippen molar-refractivity contribution in [3.05, 3.63) is 12.2 Å². The lowest BCUT2D eigenvalue weighted by Crippen LogP contribution is -1.97. The SMILES string of the molecule is C=NCC(C=CC)CC. The summed E-state index contributed by atoms with van der Waals surface area (Å²) in [5.74, 6) is 0.604. The van der Waals surface area contributed by atoms with Gasteiger partial charge >= 0.3 is 0 Å². The van der Waals surface area contributed by atoms with Crippen LogP contribution in [0.15, 0.2) is 17.1 Å². The van der Waals surface area contributed by atoms with Crippen molar-refractivity contribution in [2.75, 3.05) is 6.54 Å². The van der Waals surface area contributed by atoms with Crippen molar-refractivity contribution in [2.45, 2.75) is 20.3 Å². The van der Waals surface area contributed by atoms with Crippen molar-refractivity contribution >= 4 is 6.72 Å². The minimum absolute atomic E-state index is 0.604. The smallest absolute Gasteiger partial charge is 0.0444 e. The molecule has 0 aromatic carbocycles. The van der Waals surface area contributed by atoms with Crippen molar-refractivity contribution in [2.24, 2.45) is 10.9 Å². The molecule has 0 N–H and O–H groups in total. The Bertz CT molecular complexity index is 94.7. The molecule has 0 aliphatic rings. The molecule has 0 saturated carbocycles. The van der Waals surface area contributed by atoms with E-state index in [1.165, 1.54) is 0 Å². The van der Waals surface area contributed by atoms with Gasteiger partial charge in [0.25, 0.3) is 0 Å². The fraction of sp³-hybridized carbons (Fsp3) is 0.625. The standard InChI is InChI=1S/C8H15N/c1-4-6-8(5-2)7-9-3/h4,6,8H,3,5,7H2,1-2H3. The van der Waals surface area contributed by atoms with E-state index >= 15 is 0 Å². The van der Waals surface area contributed by atoms with E-state index in [2.05, 4.69) is 30.8 Å². The van der Waals surface area contributed by atoms with Crippen LogP contribution in [0.5, 0.6) is 0 Å². The Kier molecular flexibility index (Phi) is 5.18. The summed E-state index contributed by atoms with van der Waals surface area (Å²) < 4.78 is 0. The number of hydrogen-bond acceptors (Lipinski definition) is 1. The van der Waals surface area contributed by atoms with E-state index in [0.29, 0.717) is 5.92 Å². The molecule has 0 spiro atoms. The van der Waals surface area contributed by atoms with Crippen LogP contribution < -0.4 is 0 Å². The molecular formula is C8H15N. The first-order valence-electron chi connectivity index (χ1n) is 3.40. The molecule has 0 rings (SSSR count). The van der Waals surface area contributed by atoms with Gasteiger partial charge in [0.1, 0.15) is 0 Å². The highest BCUT2D eigenvalue weighted by atomic mass is 14.7. The average molecular weight is 125 g/mol. The normalized spacial score (nSPS) is 14.0. The summed E-state index contributed by atoms with van der Waals surface area (Å²) in [6.45, 7) is 8.50. The van der Waals surface area contributed by atoms with E-state index in [9.17, 15) is 0 Å². The number of rotatable bonds is 4. The van der Waals surface area contributed by atoms with Gasteiger partial charge in [-0.3, -0.25) is 0 Å². The van der Waals surface area contributed by atoms with Crippen LogP contribution in [0.25, 0.3) is 0 Å². The lowest BCUT2D eigenvalue weighted by molar-refractivity contribution is 0.642. The van der Waals surface area contributed by atoms with Crippen molar-refractivity contribution in [1.82, 2.24) is 0 Å². The Balaban J connectivity index is 3.53. The quantitative estimate of drug-likeness (QED) is 0.404. The van der Waals surface area contributed by atoms with E-state index in [1.54, 1.807) is 0 Å². The zero-order chi connectivity index (χ0) is 7.11. The summed E-state index contributed by atoms with van der Waals surface area (Å²) in [4.78, 5) is 3.82. The van der Waals surface area contributed by atoms with Crippen molar-refractivity contribution < 1.29 is 0 Å². The van der Waals surface area contributed by atoms with Crippen LogP contribution in [-0.2, 0) is 0 Å². The lowest BCUT2D eigenvalue weighted by atomic mass is 10.1. The topological polar surface area (TPSA) is 12.4 Å². The van der Waals surface area contributed by atoms with E-state index in [4.69, 9.17) is 0 Å². The van der Waals surface area contributed by atoms with Gasteiger partial charge in [-0.2, -0.15) is 0 Å². The first-order chi connectivity index (χ1) is 4.35. The predicted molar refractivity (Wildman–Crippen MR) is 43.0 cm³/mol. The second kappa shape index (κ2) is 5.54. The van der Waals surface area contributed by atoms with Gasteiger partial charge in [-0.05, 0) is 26.0 Å². The lowest BCUT2D eigenvalue weighted by Gasteiger charge is -2.03. The van der Waals surface area contributed by atoms with Gasteiger partial charge < -0.3 is 4.99 Å². The summed E-state index contributed by atoms with van der Waals surface area (Å²) in [6, 6.07) is 0. The Hall–Kier alpha value is -0.590. The van der Waals surface area contributed by atoms with Crippen LogP contribution >= 0.6 is 0 Å². The molecule has 0 radical (unpaired) electrons. The molecule has 0 bridgehead atoms. The molecule has 1 unspecified atom stereocenters. The van der Waals surface area contributed by atoms with Crippen LogP contribution in [0, 0.1) is 5.92 Å². The first-order valence-corrected chi connectivity index (χ1v) is 3.40. The minimum Gasteiger partial charge on any atom is -0.300 e. The molecule has 9 heavy (non-hydrogen) atoms. The number of nitrogens with zero attached hydrogens (tertiary/aromatic N) is 1. The largest absolute Gasteiger partial charge is 0.300 e. The van der Waals surface area contributed by atoms with Gasteiger partial charge in [0.05, 0.1) is 0 Å². The molecule has 1 heteroatoms. The predicted octanol–water partition coefficient (Wildman–Crippen LogP) is 2.29. The first kappa shape index (κ1) is 8.41. The maximum atomic E-state index is 3.82. The number of aliphatic imine (C=N–C) groups is 1. The molecule has 0 aliphatic carbocycles. The van der Waals surface area contributed by atoms with Crippen LogP contribution in [0.2, 0.25) is 0 Å². The summed E-state index contributed by atoms with van der Waals surface area (Å²) >= 11 is 0. The third-order valence-electron chi connectivity index (χ3n) is 1.35. The maximum absolute atomic E-state index is 3.82.